The van der Waals surface area contributed by atoms with Gasteiger partial charge in [0.1, 0.15) is 0 Å². The molecule has 0 bridgehead atoms. The van der Waals surface area contributed by atoms with Gasteiger partial charge in [0.05, 0.1) is 18.8 Å². The van der Waals surface area contributed by atoms with Gasteiger partial charge in [-0.1, -0.05) is 20.8 Å². The van der Waals surface area contributed by atoms with Crippen molar-refractivity contribution in [3.05, 3.63) is 0 Å². The molecule has 2 heterocycles. The predicted octanol–water partition coefficient (Wildman–Crippen LogP) is 1.51. The van der Waals surface area contributed by atoms with Crippen LogP contribution in [0.3, 0.4) is 0 Å². The summed E-state index contributed by atoms with van der Waals surface area (Å²) in [5.74, 6) is 0. The van der Waals surface area contributed by atoms with Crippen LogP contribution in [-0.2, 0) is 4.74 Å². The highest BCUT2D eigenvalue weighted by atomic mass is 16.5. The van der Waals surface area contributed by atoms with E-state index >= 15 is 0 Å². The van der Waals surface area contributed by atoms with E-state index in [1.54, 1.807) is 0 Å². The van der Waals surface area contributed by atoms with E-state index < -0.39 is 0 Å². The van der Waals surface area contributed by atoms with Gasteiger partial charge in [0.2, 0.25) is 0 Å². The molecular weight excluding hydrogens is 150 g/mol. The second kappa shape index (κ2) is 2.71. The molecule has 2 heteroatoms. The number of morpholine rings is 1. The SMILES string of the molecule is CC(C)(C)CCN1CC2OCC21. The highest BCUT2D eigenvalue weighted by Gasteiger charge is 2.46. The van der Waals surface area contributed by atoms with E-state index in [0.29, 0.717) is 11.5 Å². The maximum absolute atomic E-state index is 5.35. The first kappa shape index (κ1) is 8.52. The molecule has 2 aliphatic rings. The van der Waals surface area contributed by atoms with E-state index in [-0.39, 0.29) is 0 Å². The van der Waals surface area contributed by atoms with E-state index in [1.807, 2.05) is 0 Å². The van der Waals surface area contributed by atoms with Crippen molar-refractivity contribution in [1.29, 1.82) is 0 Å². The fourth-order valence-corrected chi connectivity index (χ4v) is 1.80. The van der Waals surface area contributed by atoms with Crippen LogP contribution in [-0.4, -0.2) is 36.7 Å². The molecule has 0 aliphatic carbocycles. The molecule has 0 saturated carbocycles. The monoisotopic (exact) mass is 169 g/mol. The molecule has 2 fully saturated rings. The Kier molecular flexibility index (Phi) is 1.92. The fourth-order valence-electron chi connectivity index (χ4n) is 1.80. The first-order chi connectivity index (χ1) is 5.56. The Morgan fingerprint density at radius 2 is 2.17 bits per heavy atom. The standard InChI is InChI=1S/C10H19NO/c1-10(2,3)4-5-11-6-9-8(11)7-12-9/h8-9H,4-7H2,1-3H3. The first-order valence-electron chi connectivity index (χ1n) is 4.92. The highest BCUT2D eigenvalue weighted by molar-refractivity contribution is 4.99. The third-order valence-electron chi connectivity index (χ3n) is 2.94. The Balaban J connectivity index is 1.68. The molecule has 2 rings (SSSR count). The van der Waals surface area contributed by atoms with Crippen LogP contribution in [0, 0.1) is 5.41 Å². The number of ether oxygens (including phenoxy) is 1. The maximum Gasteiger partial charge on any atom is 0.0880 e. The average molecular weight is 169 g/mol. The summed E-state index contributed by atoms with van der Waals surface area (Å²) in [5, 5.41) is 0. The quantitative estimate of drug-likeness (QED) is 0.621. The smallest absolute Gasteiger partial charge is 0.0880 e. The molecule has 2 saturated heterocycles. The van der Waals surface area contributed by atoms with Gasteiger partial charge >= 0.3 is 0 Å². The molecule has 12 heavy (non-hydrogen) atoms. The number of rotatable bonds is 2. The highest BCUT2D eigenvalue weighted by Crippen LogP contribution is 2.31. The molecule has 2 atom stereocenters. The van der Waals surface area contributed by atoms with Gasteiger partial charge in [0.25, 0.3) is 0 Å². The molecular formula is C10H19NO. The van der Waals surface area contributed by atoms with Gasteiger partial charge in [-0.15, -0.1) is 0 Å². The minimum absolute atomic E-state index is 0.482. The zero-order valence-corrected chi connectivity index (χ0v) is 8.34. The van der Waals surface area contributed by atoms with Crippen LogP contribution in [0.2, 0.25) is 0 Å². The first-order valence-corrected chi connectivity index (χ1v) is 4.92. The zero-order valence-electron chi connectivity index (χ0n) is 8.34. The van der Waals surface area contributed by atoms with E-state index in [4.69, 9.17) is 4.74 Å². The Morgan fingerprint density at radius 3 is 2.50 bits per heavy atom. The normalized spacial score (nSPS) is 35.2. The number of likely N-dealkylation sites (tertiary alicyclic amines) is 1. The van der Waals surface area contributed by atoms with Gasteiger partial charge in [-0.25, -0.2) is 0 Å². The minimum Gasteiger partial charge on any atom is -0.373 e. The summed E-state index contributed by atoms with van der Waals surface area (Å²) in [4.78, 5) is 2.55. The van der Waals surface area contributed by atoms with Crippen molar-refractivity contribution >= 4 is 0 Å². The third-order valence-corrected chi connectivity index (χ3v) is 2.94. The van der Waals surface area contributed by atoms with Gasteiger partial charge in [-0.2, -0.15) is 0 Å². The van der Waals surface area contributed by atoms with Crippen LogP contribution in [0.4, 0.5) is 0 Å². The number of hydrogen-bond donors (Lipinski definition) is 0. The summed E-state index contributed by atoms with van der Waals surface area (Å²) in [6.07, 6.45) is 1.90. The molecule has 70 valence electrons. The lowest BCUT2D eigenvalue weighted by Gasteiger charge is -2.55. The van der Waals surface area contributed by atoms with Gasteiger partial charge < -0.3 is 4.74 Å². The summed E-state index contributed by atoms with van der Waals surface area (Å²) in [5.41, 5.74) is 0.482. The largest absolute Gasteiger partial charge is 0.373 e. The summed E-state index contributed by atoms with van der Waals surface area (Å²) in [6, 6.07) is 0.785. The topological polar surface area (TPSA) is 12.5 Å². The lowest BCUT2D eigenvalue weighted by molar-refractivity contribution is -0.215. The Labute approximate surface area is 74.9 Å². The number of fused-ring (bicyclic) bond motifs is 1. The molecule has 2 unspecified atom stereocenters. The molecule has 0 radical (unpaired) electrons. The van der Waals surface area contributed by atoms with Crippen LogP contribution in [0.15, 0.2) is 0 Å². The van der Waals surface area contributed by atoms with Crippen molar-refractivity contribution < 1.29 is 4.74 Å². The van der Waals surface area contributed by atoms with Crippen LogP contribution in [0.5, 0.6) is 0 Å². The molecule has 0 spiro atoms. The Hall–Kier alpha value is -0.0800. The van der Waals surface area contributed by atoms with Gasteiger partial charge in [0.15, 0.2) is 0 Å². The molecule has 0 aromatic carbocycles. The lowest BCUT2D eigenvalue weighted by atomic mass is 9.89. The summed E-state index contributed by atoms with van der Waals surface area (Å²) >= 11 is 0. The van der Waals surface area contributed by atoms with E-state index in [0.717, 1.165) is 12.6 Å². The minimum atomic E-state index is 0.482. The average Bonchev–Trinajstić information content (AvgIpc) is 1.90. The van der Waals surface area contributed by atoms with Gasteiger partial charge in [-0.05, 0) is 18.4 Å². The fraction of sp³-hybridized carbons (Fsp3) is 1.00. The molecule has 0 aromatic rings. The predicted molar refractivity (Wildman–Crippen MR) is 49.2 cm³/mol. The third kappa shape index (κ3) is 1.50. The van der Waals surface area contributed by atoms with Crippen molar-refractivity contribution in [2.45, 2.75) is 39.3 Å². The van der Waals surface area contributed by atoms with Crippen LogP contribution in [0.25, 0.3) is 0 Å². The zero-order chi connectivity index (χ0) is 8.77. The maximum atomic E-state index is 5.35. The summed E-state index contributed by atoms with van der Waals surface area (Å²) < 4.78 is 5.35. The Morgan fingerprint density at radius 1 is 1.42 bits per heavy atom. The van der Waals surface area contributed by atoms with E-state index in [9.17, 15) is 0 Å². The molecule has 0 aromatic heterocycles. The van der Waals surface area contributed by atoms with Crippen LogP contribution < -0.4 is 0 Å². The molecule has 2 nitrogen and oxygen atoms in total. The molecule has 0 N–H and O–H groups in total. The second-order valence-electron chi connectivity index (χ2n) is 5.24. The van der Waals surface area contributed by atoms with Crippen molar-refractivity contribution in [3.8, 4) is 0 Å². The van der Waals surface area contributed by atoms with Crippen molar-refractivity contribution in [2.24, 2.45) is 5.41 Å². The molecule has 0 amide bonds. The van der Waals surface area contributed by atoms with Crippen molar-refractivity contribution in [2.75, 3.05) is 19.7 Å². The second-order valence-corrected chi connectivity index (χ2v) is 5.24. The van der Waals surface area contributed by atoms with Gasteiger partial charge in [-0.3, -0.25) is 4.90 Å². The van der Waals surface area contributed by atoms with Crippen molar-refractivity contribution in [1.82, 2.24) is 4.90 Å². The van der Waals surface area contributed by atoms with Gasteiger partial charge in [0, 0.05) is 6.54 Å². The van der Waals surface area contributed by atoms with E-state index in [2.05, 4.69) is 25.7 Å². The van der Waals surface area contributed by atoms with Crippen molar-refractivity contribution in [3.63, 3.8) is 0 Å². The van der Waals surface area contributed by atoms with E-state index in [1.165, 1.54) is 19.5 Å². The molecule has 2 aliphatic heterocycles. The number of nitrogens with zero attached hydrogens (tertiary/aromatic N) is 1. The van der Waals surface area contributed by atoms with Crippen LogP contribution >= 0.6 is 0 Å². The Bertz CT molecular complexity index is 173. The lowest BCUT2D eigenvalue weighted by Crippen LogP contribution is -2.70. The van der Waals surface area contributed by atoms with Crippen LogP contribution in [0.1, 0.15) is 27.2 Å². The summed E-state index contributed by atoms with van der Waals surface area (Å²) in [7, 11) is 0. The number of hydrogen-bond acceptors (Lipinski definition) is 2. The summed E-state index contributed by atoms with van der Waals surface area (Å²) in [6.45, 7) is 10.3.